The van der Waals surface area contributed by atoms with Gasteiger partial charge in [0, 0.05) is 20.1 Å². The lowest BCUT2D eigenvalue weighted by Gasteiger charge is -2.30. The number of rotatable bonds is 7. The number of benzene rings is 1. The number of aromatic nitrogens is 3. The minimum absolute atomic E-state index is 0.0860. The maximum absolute atomic E-state index is 13.0. The molecular formula is C18H26N4O5S2. The molecule has 0 radical (unpaired) electrons. The fourth-order valence-corrected chi connectivity index (χ4v) is 6.66. The molecule has 0 atom stereocenters. The van der Waals surface area contributed by atoms with E-state index >= 15 is 0 Å². The van der Waals surface area contributed by atoms with Gasteiger partial charge in [-0.05, 0) is 49.9 Å². The Hall–Kier alpha value is -1.98. The van der Waals surface area contributed by atoms with Crippen molar-refractivity contribution >= 4 is 19.9 Å². The van der Waals surface area contributed by atoms with Gasteiger partial charge in [0.2, 0.25) is 25.0 Å². The van der Waals surface area contributed by atoms with Crippen LogP contribution in [0.25, 0.3) is 0 Å². The molecule has 0 spiro atoms. The van der Waals surface area contributed by atoms with Gasteiger partial charge in [0.15, 0.2) is 0 Å². The van der Waals surface area contributed by atoms with Crippen LogP contribution in [0, 0.1) is 6.92 Å². The summed E-state index contributed by atoms with van der Waals surface area (Å²) in [6.45, 7) is 4.65. The van der Waals surface area contributed by atoms with Crippen molar-refractivity contribution in [3.05, 3.63) is 30.1 Å². The van der Waals surface area contributed by atoms with Crippen molar-refractivity contribution in [3.63, 3.8) is 0 Å². The topological polar surface area (TPSA) is 111 Å². The highest BCUT2D eigenvalue weighted by Crippen LogP contribution is 2.29. The minimum atomic E-state index is -3.70. The van der Waals surface area contributed by atoms with Gasteiger partial charge in [-0.15, -0.1) is 10.2 Å². The average molecular weight is 443 g/mol. The quantitative estimate of drug-likeness (QED) is 0.639. The van der Waals surface area contributed by atoms with E-state index in [1.807, 2.05) is 13.8 Å². The van der Waals surface area contributed by atoms with Crippen LogP contribution in [-0.2, 0) is 26.9 Å². The first kappa shape index (κ1) is 21.7. The second kappa shape index (κ2) is 8.41. The molecule has 2 heterocycles. The van der Waals surface area contributed by atoms with E-state index in [1.54, 1.807) is 19.2 Å². The normalized spacial score (nSPS) is 16.8. The predicted octanol–water partition coefficient (Wildman–Crippen LogP) is 1.54. The summed E-state index contributed by atoms with van der Waals surface area (Å²) in [4.78, 5) is 0.188. The number of hydrogen-bond donors (Lipinski definition) is 0. The molecule has 1 aromatic heterocycles. The lowest BCUT2D eigenvalue weighted by molar-refractivity contribution is 0.315. The number of hydrogen-bond acceptors (Lipinski definition) is 7. The van der Waals surface area contributed by atoms with E-state index in [0.29, 0.717) is 12.4 Å². The molecule has 2 aromatic rings. The number of sulfonamides is 1. The van der Waals surface area contributed by atoms with Crippen LogP contribution < -0.4 is 4.74 Å². The fourth-order valence-electron chi connectivity index (χ4n) is 3.37. The maximum Gasteiger partial charge on any atom is 0.249 e. The first-order valence-electron chi connectivity index (χ1n) is 9.49. The average Bonchev–Trinajstić information content (AvgIpc) is 3.14. The predicted molar refractivity (Wildman–Crippen MR) is 107 cm³/mol. The summed E-state index contributed by atoms with van der Waals surface area (Å²) < 4.78 is 59.9. The summed E-state index contributed by atoms with van der Waals surface area (Å²) in [7, 11) is -5.78. The Morgan fingerprint density at radius 1 is 1.17 bits per heavy atom. The first-order valence-corrected chi connectivity index (χ1v) is 12.5. The van der Waals surface area contributed by atoms with Gasteiger partial charge in [-0.3, -0.25) is 0 Å². The monoisotopic (exact) mass is 442 g/mol. The molecule has 11 heteroatoms. The zero-order chi connectivity index (χ0) is 21.2. The highest BCUT2D eigenvalue weighted by Gasteiger charge is 2.37. The van der Waals surface area contributed by atoms with Crippen molar-refractivity contribution in [2.45, 2.75) is 48.4 Å². The Morgan fingerprint density at radius 2 is 1.86 bits per heavy atom. The van der Waals surface area contributed by atoms with Gasteiger partial charge in [0.05, 0.1) is 16.8 Å². The van der Waals surface area contributed by atoms with Crippen LogP contribution in [0.15, 0.2) is 34.6 Å². The summed E-state index contributed by atoms with van der Waals surface area (Å²) >= 11 is 0. The summed E-state index contributed by atoms with van der Waals surface area (Å²) in [6.07, 6.45) is 2.63. The molecule has 160 valence electrons. The first-order chi connectivity index (χ1) is 13.7. The van der Waals surface area contributed by atoms with Crippen LogP contribution in [-0.4, -0.2) is 60.9 Å². The Labute approximate surface area is 171 Å². The van der Waals surface area contributed by atoms with Crippen molar-refractivity contribution in [1.82, 2.24) is 19.1 Å². The molecule has 1 saturated heterocycles. The van der Waals surface area contributed by atoms with Gasteiger partial charge in [0.1, 0.15) is 12.1 Å². The van der Waals surface area contributed by atoms with Crippen LogP contribution in [0.5, 0.6) is 5.75 Å². The van der Waals surface area contributed by atoms with Gasteiger partial charge in [-0.25, -0.2) is 16.8 Å². The molecule has 1 aromatic carbocycles. The molecule has 1 fully saturated rings. The molecule has 0 unspecified atom stereocenters. The van der Waals surface area contributed by atoms with Crippen LogP contribution in [0.3, 0.4) is 0 Å². The molecule has 3 rings (SSSR count). The summed E-state index contributed by atoms with van der Waals surface area (Å²) in [5.74, 6) is 0.666. The second-order valence-corrected chi connectivity index (χ2v) is 11.2. The Morgan fingerprint density at radius 3 is 2.41 bits per heavy atom. The number of sulfone groups is 1. The number of piperidine rings is 1. The summed E-state index contributed by atoms with van der Waals surface area (Å²) in [5, 5.41) is 6.56. The lowest BCUT2D eigenvalue weighted by atomic mass is 10.2. The van der Waals surface area contributed by atoms with E-state index in [1.165, 1.54) is 21.3 Å². The number of nitrogens with zero attached hydrogens (tertiary/aromatic N) is 4. The smallest absolute Gasteiger partial charge is 0.249 e. The maximum atomic E-state index is 13.0. The zero-order valence-electron chi connectivity index (χ0n) is 16.8. The van der Waals surface area contributed by atoms with E-state index in [-0.39, 0.29) is 36.0 Å². The van der Waals surface area contributed by atoms with E-state index < -0.39 is 25.1 Å². The zero-order valence-corrected chi connectivity index (χ0v) is 18.4. The van der Waals surface area contributed by atoms with E-state index in [2.05, 4.69) is 10.2 Å². The molecular weight excluding hydrogens is 416 g/mol. The molecule has 0 N–H and O–H groups in total. The largest absolute Gasteiger partial charge is 0.493 e. The minimum Gasteiger partial charge on any atom is -0.493 e. The van der Waals surface area contributed by atoms with Crippen molar-refractivity contribution in [3.8, 4) is 5.75 Å². The van der Waals surface area contributed by atoms with Crippen molar-refractivity contribution in [2.24, 2.45) is 7.05 Å². The van der Waals surface area contributed by atoms with Crippen LogP contribution in [0.1, 0.15) is 31.7 Å². The molecule has 1 aliphatic rings. The Bertz CT molecular complexity index is 1070. The van der Waals surface area contributed by atoms with Crippen LogP contribution in [0.4, 0.5) is 0 Å². The van der Waals surface area contributed by atoms with Crippen molar-refractivity contribution in [2.75, 3.05) is 19.7 Å². The highest BCUT2D eigenvalue weighted by molar-refractivity contribution is 7.92. The summed E-state index contributed by atoms with van der Waals surface area (Å²) in [5.41, 5.74) is 0.749. The summed E-state index contributed by atoms with van der Waals surface area (Å²) in [6, 6.07) is 4.81. The molecule has 0 bridgehead atoms. The van der Waals surface area contributed by atoms with Gasteiger partial charge >= 0.3 is 0 Å². The molecule has 29 heavy (non-hydrogen) atoms. The second-order valence-electron chi connectivity index (χ2n) is 7.15. The van der Waals surface area contributed by atoms with Gasteiger partial charge in [0.25, 0.3) is 0 Å². The van der Waals surface area contributed by atoms with Crippen LogP contribution >= 0.6 is 0 Å². The third kappa shape index (κ3) is 4.31. The molecule has 0 amide bonds. The molecule has 0 aliphatic carbocycles. The molecule has 1 aliphatic heterocycles. The fraction of sp³-hybridized carbons (Fsp3) is 0.556. The van der Waals surface area contributed by atoms with Gasteiger partial charge < -0.3 is 9.30 Å². The van der Waals surface area contributed by atoms with E-state index in [0.717, 1.165) is 12.0 Å². The van der Waals surface area contributed by atoms with E-state index in [4.69, 9.17) is 4.74 Å². The van der Waals surface area contributed by atoms with Gasteiger partial charge in [-0.2, -0.15) is 4.31 Å². The van der Waals surface area contributed by atoms with Crippen molar-refractivity contribution in [1.29, 1.82) is 0 Å². The Balaban J connectivity index is 1.73. The number of ether oxygens (including phenoxy) is 1. The third-order valence-corrected chi connectivity index (χ3v) is 9.13. The standard InChI is InChI=1S/C18H26N4O5S2/c1-4-11-27-17-6-5-16(12-14(17)2)29(25,26)22-9-7-15(8-10-22)28(23,24)18-20-19-13-21(18)3/h5-6,12-13,15H,4,7-11H2,1-3H3. The molecule has 0 saturated carbocycles. The third-order valence-electron chi connectivity index (χ3n) is 5.01. The number of aryl methyl sites for hydroxylation is 2. The van der Waals surface area contributed by atoms with Crippen LogP contribution in [0.2, 0.25) is 0 Å². The van der Waals surface area contributed by atoms with Gasteiger partial charge in [-0.1, -0.05) is 6.92 Å². The van der Waals surface area contributed by atoms with E-state index in [9.17, 15) is 16.8 Å². The SMILES string of the molecule is CCCOc1ccc(S(=O)(=O)N2CCC(S(=O)(=O)c3nncn3C)CC2)cc1C. The van der Waals surface area contributed by atoms with Crippen molar-refractivity contribution < 1.29 is 21.6 Å². The Kier molecular flexibility index (Phi) is 6.30. The molecule has 9 nitrogen and oxygen atoms in total. The highest BCUT2D eigenvalue weighted by atomic mass is 32.2. The lowest BCUT2D eigenvalue weighted by Crippen LogP contribution is -2.42.